The number of hydrogen-bond donors (Lipinski definition) is 2. The molecule has 7 nitrogen and oxygen atoms in total. The lowest BCUT2D eigenvalue weighted by Gasteiger charge is -2.09. The normalized spacial score (nSPS) is 11.2. The first kappa shape index (κ1) is 21.6. The molecule has 0 saturated heterocycles. The maximum atomic E-state index is 12.4. The number of rotatable bonds is 10. The summed E-state index contributed by atoms with van der Waals surface area (Å²) in [6, 6.07) is 16.2. The van der Waals surface area contributed by atoms with Crippen LogP contribution in [-0.2, 0) is 16.6 Å². The molecule has 30 heavy (non-hydrogen) atoms. The van der Waals surface area contributed by atoms with E-state index in [-0.39, 0.29) is 17.3 Å². The Balaban J connectivity index is 1.57. The molecule has 158 valence electrons. The minimum Gasteiger partial charge on any atom is -0.494 e. The van der Waals surface area contributed by atoms with E-state index >= 15 is 0 Å². The summed E-state index contributed by atoms with van der Waals surface area (Å²) in [5.41, 5.74) is 0.975. The third-order valence-corrected chi connectivity index (χ3v) is 5.74. The van der Waals surface area contributed by atoms with Crippen molar-refractivity contribution in [1.29, 1.82) is 0 Å². The molecule has 1 aromatic heterocycles. The lowest BCUT2D eigenvalue weighted by Crippen LogP contribution is -2.23. The monoisotopic (exact) mass is 428 g/mol. The predicted molar refractivity (Wildman–Crippen MR) is 114 cm³/mol. The molecule has 0 aliphatic heterocycles. The van der Waals surface area contributed by atoms with E-state index in [1.807, 2.05) is 0 Å². The van der Waals surface area contributed by atoms with E-state index < -0.39 is 10.0 Å². The predicted octanol–water partition coefficient (Wildman–Crippen LogP) is 4.19. The topological polar surface area (TPSA) is 97.6 Å². The highest BCUT2D eigenvalue weighted by molar-refractivity contribution is 7.89. The lowest BCUT2D eigenvalue weighted by molar-refractivity contribution is 0.102. The third kappa shape index (κ3) is 5.95. The largest absolute Gasteiger partial charge is 0.494 e. The van der Waals surface area contributed by atoms with E-state index in [4.69, 9.17) is 9.15 Å². The van der Waals surface area contributed by atoms with Gasteiger partial charge in [0.15, 0.2) is 0 Å². The standard InChI is InChI=1S/C22H24N2O5S/c1-2-3-14-28-19-10-6-17(7-11-19)22(25)24-18-8-12-21(13-9-18)30(26,27)23-16-20-5-4-15-29-20/h4-13,15,23H,2-3,14,16H2,1H3,(H,24,25). The summed E-state index contributed by atoms with van der Waals surface area (Å²) in [6.45, 7) is 2.80. The number of furan rings is 1. The van der Waals surface area contributed by atoms with Crippen LogP contribution in [0.3, 0.4) is 0 Å². The zero-order valence-electron chi connectivity index (χ0n) is 16.6. The zero-order chi connectivity index (χ0) is 21.4. The van der Waals surface area contributed by atoms with Crippen molar-refractivity contribution in [2.75, 3.05) is 11.9 Å². The van der Waals surface area contributed by atoms with Crippen molar-refractivity contribution in [3.8, 4) is 5.75 Å². The van der Waals surface area contributed by atoms with Crippen molar-refractivity contribution in [2.24, 2.45) is 0 Å². The number of hydrogen-bond acceptors (Lipinski definition) is 5. The first-order chi connectivity index (χ1) is 14.5. The van der Waals surface area contributed by atoms with Gasteiger partial charge < -0.3 is 14.5 Å². The summed E-state index contributed by atoms with van der Waals surface area (Å²) in [5.74, 6) is 0.947. The van der Waals surface area contributed by atoms with E-state index in [2.05, 4.69) is 17.0 Å². The fourth-order valence-corrected chi connectivity index (χ4v) is 3.61. The summed E-state index contributed by atoms with van der Waals surface area (Å²) in [4.78, 5) is 12.5. The van der Waals surface area contributed by atoms with Crippen LogP contribution in [0.5, 0.6) is 5.75 Å². The molecule has 0 spiro atoms. The fraction of sp³-hybridized carbons (Fsp3) is 0.227. The second-order valence-corrected chi connectivity index (χ2v) is 8.38. The molecule has 1 heterocycles. The summed E-state index contributed by atoms with van der Waals surface area (Å²) < 4.78 is 37.9. The van der Waals surface area contributed by atoms with Crippen LogP contribution >= 0.6 is 0 Å². The van der Waals surface area contributed by atoms with Crippen LogP contribution < -0.4 is 14.8 Å². The highest BCUT2D eigenvalue weighted by Gasteiger charge is 2.15. The quantitative estimate of drug-likeness (QED) is 0.472. The van der Waals surface area contributed by atoms with Crippen molar-refractivity contribution >= 4 is 21.6 Å². The Bertz CT molecular complexity index is 1040. The second-order valence-electron chi connectivity index (χ2n) is 6.61. The van der Waals surface area contributed by atoms with Gasteiger partial charge in [-0.2, -0.15) is 0 Å². The molecular weight excluding hydrogens is 404 g/mol. The Morgan fingerprint density at radius 3 is 2.40 bits per heavy atom. The van der Waals surface area contributed by atoms with Crippen molar-refractivity contribution in [2.45, 2.75) is 31.2 Å². The molecule has 0 atom stereocenters. The Kier molecular flexibility index (Phi) is 7.26. The summed E-state index contributed by atoms with van der Waals surface area (Å²) in [5, 5.41) is 2.75. The molecule has 1 amide bonds. The van der Waals surface area contributed by atoms with Gasteiger partial charge in [-0.05, 0) is 67.1 Å². The van der Waals surface area contributed by atoms with Crippen LogP contribution in [0.25, 0.3) is 0 Å². The Morgan fingerprint density at radius 1 is 1.03 bits per heavy atom. The molecular formula is C22H24N2O5S. The average Bonchev–Trinajstić information content (AvgIpc) is 3.27. The van der Waals surface area contributed by atoms with Gasteiger partial charge in [0.2, 0.25) is 10.0 Å². The Morgan fingerprint density at radius 2 is 1.77 bits per heavy atom. The number of carbonyl (C=O) groups is 1. The molecule has 3 aromatic rings. The zero-order valence-corrected chi connectivity index (χ0v) is 17.4. The van der Waals surface area contributed by atoms with E-state index in [0.717, 1.165) is 18.6 Å². The van der Waals surface area contributed by atoms with Gasteiger partial charge >= 0.3 is 0 Å². The van der Waals surface area contributed by atoms with Crippen LogP contribution in [0.15, 0.2) is 76.2 Å². The highest BCUT2D eigenvalue weighted by atomic mass is 32.2. The number of ether oxygens (including phenoxy) is 1. The summed E-state index contributed by atoms with van der Waals surface area (Å²) >= 11 is 0. The molecule has 0 aliphatic carbocycles. The van der Waals surface area contributed by atoms with Gasteiger partial charge in [-0.1, -0.05) is 13.3 Å². The van der Waals surface area contributed by atoms with Gasteiger partial charge in [0.1, 0.15) is 11.5 Å². The van der Waals surface area contributed by atoms with E-state index in [1.54, 1.807) is 48.5 Å². The van der Waals surface area contributed by atoms with E-state index in [1.165, 1.54) is 18.4 Å². The van der Waals surface area contributed by atoms with Gasteiger partial charge in [0.25, 0.3) is 5.91 Å². The van der Waals surface area contributed by atoms with Crippen LogP contribution in [-0.4, -0.2) is 20.9 Å². The van der Waals surface area contributed by atoms with E-state index in [0.29, 0.717) is 23.6 Å². The molecule has 0 aliphatic rings. The first-order valence-corrected chi connectivity index (χ1v) is 11.1. The maximum absolute atomic E-state index is 12.4. The van der Waals surface area contributed by atoms with Crippen LogP contribution in [0.2, 0.25) is 0 Å². The second kappa shape index (κ2) is 10.1. The summed E-state index contributed by atoms with van der Waals surface area (Å²) in [7, 11) is -3.68. The number of benzene rings is 2. The molecule has 2 aromatic carbocycles. The van der Waals surface area contributed by atoms with Gasteiger partial charge in [-0.15, -0.1) is 0 Å². The van der Waals surface area contributed by atoms with Gasteiger partial charge in [-0.3, -0.25) is 4.79 Å². The van der Waals surface area contributed by atoms with Crippen molar-refractivity contribution in [3.63, 3.8) is 0 Å². The Hall–Kier alpha value is -3.10. The van der Waals surface area contributed by atoms with Crippen LogP contribution in [0.1, 0.15) is 35.9 Å². The van der Waals surface area contributed by atoms with Crippen LogP contribution in [0.4, 0.5) is 5.69 Å². The average molecular weight is 429 g/mol. The van der Waals surface area contributed by atoms with Crippen molar-refractivity contribution in [1.82, 2.24) is 4.72 Å². The molecule has 0 fully saturated rings. The lowest BCUT2D eigenvalue weighted by atomic mass is 10.2. The number of unbranched alkanes of at least 4 members (excludes halogenated alkanes) is 1. The minimum atomic E-state index is -3.68. The summed E-state index contributed by atoms with van der Waals surface area (Å²) in [6.07, 6.45) is 3.51. The molecule has 3 rings (SSSR count). The van der Waals surface area contributed by atoms with Crippen molar-refractivity contribution < 1.29 is 22.4 Å². The van der Waals surface area contributed by atoms with E-state index in [9.17, 15) is 13.2 Å². The first-order valence-electron chi connectivity index (χ1n) is 9.64. The third-order valence-electron chi connectivity index (χ3n) is 4.32. The van der Waals surface area contributed by atoms with Crippen molar-refractivity contribution in [3.05, 3.63) is 78.3 Å². The molecule has 8 heteroatoms. The number of anilines is 1. The molecule has 0 saturated carbocycles. The molecule has 0 bridgehead atoms. The smallest absolute Gasteiger partial charge is 0.255 e. The van der Waals surface area contributed by atoms with Gasteiger partial charge in [0.05, 0.1) is 24.3 Å². The number of amides is 1. The van der Waals surface area contributed by atoms with Crippen LogP contribution in [0, 0.1) is 0 Å². The number of sulfonamides is 1. The Labute approximate surface area is 176 Å². The molecule has 0 radical (unpaired) electrons. The van der Waals surface area contributed by atoms with Gasteiger partial charge in [0, 0.05) is 11.3 Å². The minimum absolute atomic E-state index is 0.0615. The SMILES string of the molecule is CCCCOc1ccc(C(=O)Nc2ccc(S(=O)(=O)NCc3ccco3)cc2)cc1. The van der Waals surface area contributed by atoms with Gasteiger partial charge in [-0.25, -0.2) is 13.1 Å². The molecule has 0 unspecified atom stereocenters. The number of carbonyl (C=O) groups excluding carboxylic acids is 1. The maximum Gasteiger partial charge on any atom is 0.255 e. The highest BCUT2D eigenvalue weighted by Crippen LogP contribution is 2.17. The number of nitrogens with one attached hydrogen (secondary N) is 2. The fourth-order valence-electron chi connectivity index (χ4n) is 2.62. The molecule has 2 N–H and O–H groups in total.